The summed E-state index contributed by atoms with van der Waals surface area (Å²) in [6.07, 6.45) is 9.48. The van der Waals surface area contributed by atoms with Crippen molar-refractivity contribution in [2.75, 3.05) is 13.7 Å². The van der Waals surface area contributed by atoms with E-state index in [9.17, 15) is 0 Å². The van der Waals surface area contributed by atoms with Gasteiger partial charge in [-0.25, -0.2) is 0 Å². The zero-order chi connectivity index (χ0) is 21.3. The molecule has 0 spiro atoms. The summed E-state index contributed by atoms with van der Waals surface area (Å²) in [4.78, 5) is 0. The normalized spacial score (nSPS) is 15.1. The van der Waals surface area contributed by atoms with Crippen molar-refractivity contribution in [2.24, 2.45) is 5.73 Å². The lowest BCUT2D eigenvalue weighted by atomic mass is 9.92. The van der Waals surface area contributed by atoms with Crippen LogP contribution in [0.15, 0.2) is 72.0 Å². The molecule has 0 bridgehead atoms. The van der Waals surface area contributed by atoms with Gasteiger partial charge in [0.2, 0.25) is 0 Å². The van der Waals surface area contributed by atoms with Crippen LogP contribution in [0, 0.1) is 0 Å². The molecule has 0 aromatic heterocycles. The van der Waals surface area contributed by atoms with Crippen LogP contribution < -0.4 is 11.1 Å². The number of allylic oxidation sites excluding steroid dienone is 3. The first-order valence-electron chi connectivity index (χ1n) is 10.2. The number of methoxy groups -OCH3 is 1. The summed E-state index contributed by atoms with van der Waals surface area (Å²) in [5.74, 6) is 0. The standard InChI is InChI=1S/C25H28Cl2N2O/c1-30-25(22-9-5-6-10-23(22)27)29-24(15-16-28)21-14-13-20(26)17-19(21)12-11-18-7-3-2-4-8-18/h3-7,9-10,13-14,17,24-25,29H,8,11-12,15-16,28H2,1H3. The number of hydrogen-bond donors (Lipinski definition) is 2. The van der Waals surface area contributed by atoms with Gasteiger partial charge in [-0.15, -0.1) is 5.73 Å². The van der Waals surface area contributed by atoms with Crippen LogP contribution in [0.2, 0.25) is 10.0 Å². The maximum Gasteiger partial charge on any atom is 0.135 e. The third kappa shape index (κ3) is 6.09. The van der Waals surface area contributed by atoms with Crippen LogP contribution in [0.3, 0.4) is 0 Å². The second-order valence-electron chi connectivity index (χ2n) is 7.34. The molecule has 5 heteroatoms. The number of halogens is 2. The molecule has 2 aromatic rings. The average molecular weight is 443 g/mol. The summed E-state index contributed by atoms with van der Waals surface area (Å²) < 4.78 is 5.75. The van der Waals surface area contributed by atoms with E-state index in [2.05, 4.69) is 35.3 Å². The van der Waals surface area contributed by atoms with Gasteiger partial charge in [0, 0.05) is 28.8 Å². The highest BCUT2D eigenvalue weighted by Gasteiger charge is 2.22. The van der Waals surface area contributed by atoms with Crippen molar-refractivity contribution >= 4 is 23.2 Å². The minimum Gasteiger partial charge on any atom is -0.362 e. The summed E-state index contributed by atoms with van der Waals surface area (Å²) in [6, 6.07) is 13.8. The Morgan fingerprint density at radius 2 is 1.97 bits per heavy atom. The fraction of sp³-hybridized carbons (Fsp3) is 0.320. The topological polar surface area (TPSA) is 47.3 Å². The lowest BCUT2D eigenvalue weighted by molar-refractivity contribution is 0.0614. The molecule has 3 rings (SSSR count). The highest BCUT2D eigenvalue weighted by atomic mass is 35.5. The predicted molar refractivity (Wildman–Crippen MR) is 126 cm³/mol. The first-order valence-corrected chi connectivity index (χ1v) is 11.0. The van der Waals surface area contributed by atoms with E-state index in [1.165, 1.54) is 16.7 Å². The minimum absolute atomic E-state index is 0.0172. The van der Waals surface area contributed by atoms with Gasteiger partial charge in [-0.2, -0.15) is 0 Å². The van der Waals surface area contributed by atoms with Crippen LogP contribution >= 0.6 is 23.2 Å². The summed E-state index contributed by atoms with van der Waals surface area (Å²) >= 11 is 12.8. The van der Waals surface area contributed by atoms with Crippen LogP contribution in [-0.2, 0) is 11.2 Å². The summed E-state index contributed by atoms with van der Waals surface area (Å²) in [7, 11) is 1.68. The molecular weight excluding hydrogens is 415 g/mol. The molecule has 30 heavy (non-hydrogen) atoms. The largest absolute Gasteiger partial charge is 0.362 e. The molecule has 0 fully saturated rings. The van der Waals surface area contributed by atoms with E-state index in [1.54, 1.807) is 7.11 Å². The first kappa shape index (κ1) is 22.8. The Kier molecular flexibility index (Phi) is 8.77. The maximum absolute atomic E-state index is 6.41. The Hall–Kier alpha value is -1.84. The Morgan fingerprint density at radius 1 is 1.13 bits per heavy atom. The first-order chi connectivity index (χ1) is 14.6. The molecule has 2 unspecified atom stereocenters. The van der Waals surface area contributed by atoms with Crippen LogP contribution in [-0.4, -0.2) is 13.7 Å². The van der Waals surface area contributed by atoms with Gasteiger partial charge in [-0.1, -0.05) is 59.1 Å². The Balaban J connectivity index is 1.84. The molecule has 1 aliphatic carbocycles. The number of rotatable bonds is 10. The molecule has 0 saturated carbocycles. The molecule has 0 heterocycles. The molecule has 0 aliphatic heterocycles. The maximum atomic E-state index is 6.41. The van der Waals surface area contributed by atoms with Crippen LogP contribution in [0.25, 0.3) is 0 Å². The lowest BCUT2D eigenvalue weighted by Gasteiger charge is -2.28. The van der Waals surface area contributed by atoms with Gasteiger partial charge in [0.05, 0.1) is 0 Å². The fourth-order valence-corrected chi connectivity index (χ4v) is 4.18. The van der Waals surface area contributed by atoms with Crippen molar-refractivity contribution in [2.45, 2.75) is 38.0 Å². The second-order valence-corrected chi connectivity index (χ2v) is 8.19. The molecule has 0 amide bonds. The third-order valence-corrected chi connectivity index (χ3v) is 5.90. The van der Waals surface area contributed by atoms with Crippen molar-refractivity contribution in [3.05, 3.63) is 98.7 Å². The second kappa shape index (κ2) is 11.5. The van der Waals surface area contributed by atoms with Gasteiger partial charge in [-0.05, 0) is 73.7 Å². The van der Waals surface area contributed by atoms with Crippen molar-refractivity contribution in [1.29, 1.82) is 0 Å². The van der Waals surface area contributed by atoms with Gasteiger partial charge in [0.15, 0.2) is 0 Å². The molecule has 2 atom stereocenters. The van der Waals surface area contributed by atoms with Gasteiger partial charge < -0.3 is 10.5 Å². The van der Waals surface area contributed by atoms with Crippen LogP contribution in [0.1, 0.15) is 48.2 Å². The smallest absolute Gasteiger partial charge is 0.135 e. The molecule has 3 nitrogen and oxygen atoms in total. The van der Waals surface area contributed by atoms with Crippen molar-refractivity contribution < 1.29 is 4.74 Å². The quantitative estimate of drug-likeness (QED) is 0.335. The summed E-state index contributed by atoms with van der Waals surface area (Å²) in [5.41, 5.74) is 13.8. The molecule has 2 aromatic carbocycles. The average Bonchev–Trinajstić information content (AvgIpc) is 2.77. The molecule has 3 N–H and O–H groups in total. The summed E-state index contributed by atoms with van der Waals surface area (Å²) in [6.45, 7) is 0.555. The number of nitrogens with two attached hydrogens (primary N) is 1. The van der Waals surface area contributed by atoms with Crippen LogP contribution in [0.4, 0.5) is 0 Å². The van der Waals surface area contributed by atoms with Crippen molar-refractivity contribution in [1.82, 2.24) is 5.32 Å². The van der Waals surface area contributed by atoms with Gasteiger partial charge in [0.25, 0.3) is 0 Å². The molecular formula is C25H28Cl2N2O. The van der Waals surface area contributed by atoms with Gasteiger partial charge in [-0.3, -0.25) is 5.32 Å². The van der Waals surface area contributed by atoms with E-state index in [1.807, 2.05) is 36.4 Å². The van der Waals surface area contributed by atoms with E-state index in [-0.39, 0.29) is 12.3 Å². The number of aryl methyl sites for hydroxylation is 1. The molecule has 158 valence electrons. The van der Waals surface area contributed by atoms with E-state index >= 15 is 0 Å². The Labute approximate surface area is 189 Å². The highest BCUT2D eigenvalue weighted by molar-refractivity contribution is 6.31. The molecule has 0 radical (unpaired) electrons. The SMILES string of the molecule is COC(NC(CCN)c1ccc(Cl)cc1CCC1=CC=C=CC1)c1ccccc1Cl. The van der Waals surface area contributed by atoms with E-state index < -0.39 is 0 Å². The minimum atomic E-state index is -0.338. The number of nitrogens with one attached hydrogen (secondary N) is 1. The summed E-state index contributed by atoms with van der Waals surface area (Å²) in [5, 5.41) is 5.02. The Morgan fingerprint density at radius 3 is 2.67 bits per heavy atom. The lowest BCUT2D eigenvalue weighted by Crippen LogP contribution is -2.30. The monoisotopic (exact) mass is 442 g/mol. The highest BCUT2D eigenvalue weighted by Crippen LogP contribution is 2.31. The van der Waals surface area contributed by atoms with Crippen molar-refractivity contribution in [3.8, 4) is 0 Å². The third-order valence-electron chi connectivity index (χ3n) is 5.32. The number of hydrogen-bond acceptors (Lipinski definition) is 3. The van der Waals surface area contributed by atoms with Crippen molar-refractivity contribution in [3.63, 3.8) is 0 Å². The zero-order valence-electron chi connectivity index (χ0n) is 17.2. The van der Waals surface area contributed by atoms with E-state index in [0.29, 0.717) is 11.6 Å². The van der Waals surface area contributed by atoms with Crippen LogP contribution in [0.5, 0.6) is 0 Å². The molecule has 1 aliphatic rings. The Bertz CT molecular complexity index is 948. The van der Waals surface area contributed by atoms with Gasteiger partial charge in [0.1, 0.15) is 6.23 Å². The predicted octanol–water partition coefficient (Wildman–Crippen LogP) is 6.29. The fourth-order valence-electron chi connectivity index (χ4n) is 3.75. The number of benzene rings is 2. The van der Waals surface area contributed by atoms with E-state index in [4.69, 9.17) is 33.7 Å². The van der Waals surface area contributed by atoms with E-state index in [0.717, 1.165) is 36.3 Å². The number of ether oxygens (including phenoxy) is 1. The zero-order valence-corrected chi connectivity index (χ0v) is 18.7. The molecule has 0 saturated heterocycles. The van der Waals surface area contributed by atoms with Gasteiger partial charge >= 0.3 is 0 Å².